The molecule has 2 rings (SSSR count). The van der Waals surface area contributed by atoms with Gasteiger partial charge in [-0.3, -0.25) is 4.99 Å². The third-order valence-corrected chi connectivity index (χ3v) is 5.04. The van der Waals surface area contributed by atoms with E-state index < -0.39 is 15.8 Å². The van der Waals surface area contributed by atoms with Crippen LogP contribution in [0, 0.1) is 18.7 Å². The minimum Gasteiger partial charge on any atom is -0.251 e. The molecule has 0 saturated carbocycles. The predicted octanol–water partition coefficient (Wildman–Crippen LogP) is 2.12. The number of hydrogen-bond acceptors (Lipinski definition) is 4. The van der Waals surface area contributed by atoms with Crippen LogP contribution >= 0.6 is 0 Å². The van der Waals surface area contributed by atoms with Gasteiger partial charge < -0.3 is 0 Å². The van der Waals surface area contributed by atoms with Crippen molar-refractivity contribution in [2.24, 2.45) is 16.0 Å². The number of guanidine groups is 1. The van der Waals surface area contributed by atoms with Crippen LogP contribution < -0.4 is 4.72 Å². The Morgan fingerprint density at radius 1 is 1.48 bits per heavy atom. The van der Waals surface area contributed by atoms with Gasteiger partial charge in [0.25, 0.3) is 10.0 Å². The molecule has 0 bridgehead atoms. The van der Waals surface area contributed by atoms with Crippen LogP contribution in [0.2, 0.25) is 0 Å². The van der Waals surface area contributed by atoms with Gasteiger partial charge in [0.2, 0.25) is 5.96 Å². The van der Waals surface area contributed by atoms with E-state index in [0.29, 0.717) is 18.7 Å². The zero-order valence-corrected chi connectivity index (χ0v) is 14.3. The summed E-state index contributed by atoms with van der Waals surface area (Å²) in [6.45, 7) is 6.43. The van der Waals surface area contributed by atoms with E-state index in [0.717, 1.165) is 12.5 Å². The van der Waals surface area contributed by atoms with E-state index >= 15 is 0 Å². The summed E-state index contributed by atoms with van der Waals surface area (Å²) >= 11 is 0. The second-order valence-corrected chi connectivity index (χ2v) is 6.98. The molecule has 126 valence electrons. The fourth-order valence-electron chi connectivity index (χ4n) is 2.22. The second kappa shape index (κ2) is 7.08. The third-order valence-electron chi connectivity index (χ3n) is 3.57. The van der Waals surface area contributed by atoms with Crippen LogP contribution in [0.1, 0.15) is 25.8 Å². The van der Waals surface area contributed by atoms with Crippen LogP contribution in [0.3, 0.4) is 0 Å². The monoisotopic (exact) mass is 340 g/mol. The van der Waals surface area contributed by atoms with Crippen molar-refractivity contribution >= 4 is 22.2 Å². The smallest absolute Gasteiger partial charge is 0.251 e. The highest BCUT2D eigenvalue weighted by atomic mass is 32.2. The Morgan fingerprint density at radius 2 is 2.22 bits per heavy atom. The highest BCUT2D eigenvalue weighted by Gasteiger charge is 2.26. The Morgan fingerprint density at radius 3 is 2.83 bits per heavy atom. The van der Waals surface area contributed by atoms with E-state index in [-0.39, 0.29) is 16.8 Å². The van der Waals surface area contributed by atoms with Crippen LogP contribution in [0.5, 0.6) is 0 Å². The van der Waals surface area contributed by atoms with Crippen molar-refractivity contribution in [1.29, 1.82) is 0 Å². The highest BCUT2D eigenvalue weighted by molar-refractivity contribution is 7.90. The summed E-state index contributed by atoms with van der Waals surface area (Å²) in [5.74, 6) is -0.184. The number of nitrogens with one attached hydrogen (secondary N) is 1. The summed E-state index contributed by atoms with van der Waals surface area (Å²) in [5.41, 5.74) is 0.464. The van der Waals surface area contributed by atoms with Gasteiger partial charge in [-0.25, -0.2) is 22.5 Å². The van der Waals surface area contributed by atoms with Crippen molar-refractivity contribution in [2.45, 2.75) is 32.1 Å². The van der Waals surface area contributed by atoms with Crippen molar-refractivity contribution in [2.75, 3.05) is 13.1 Å². The third kappa shape index (κ3) is 4.07. The molecule has 8 heteroatoms. The molecular formula is C15H21FN4O2S. The molecule has 1 aliphatic rings. The van der Waals surface area contributed by atoms with E-state index in [9.17, 15) is 12.8 Å². The number of sulfonamides is 1. The predicted molar refractivity (Wildman–Crippen MR) is 88.4 cm³/mol. The topological polar surface area (TPSA) is 74.1 Å². The summed E-state index contributed by atoms with van der Waals surface area (Å²) < 4.78 is 41.0. The summed E-state index contributed by atoms with van der Waals surface area (Å²) in [6, 6.07) is 3.66. The average molecular weight is 340 g/mol. The molecule has 0 radical (unpaired) electrons. The Balaban J connectivity index is 2.28. The first-order valence-corrected chi connectivity index (χ1v) is 9.00. The Labute approximate surface area is 136 Å². The van der Waals surface area contributed by atoms with Crippen molar-refractivity contribution in [3.05, 3.63) is 29.6 Å². The highest BCUT2D eigenvalue weighted by Crippen LogP contribution is 2.17. The molecule has 1 aromatic carbocycles. The fraction of sp³-hybridized carbons (Fsp3) is 0.467. The van der Waals surface area contributed by atoms with Crippen LogP contribution in [0.25, 0.3) is 0 Å². The average Bonchev–Trinajstić information content (AvgIpc) is 2.98. The first kappa shape index (κ1) is 17.4. The molecule has 1 aliphatic heterocycles. The minimum atomic E-state index is -3.93. The standard InChI is InChI=1S/C15H21FN4O2S/c1-4-12-9-18-20(10-12)15(17-5-2)19-23(21,22)14-8-13(16)7-6-11(14)3/h6-9,12H,4-5,10H2,1-3H3,(H,17,19). The first-order valence-electron chi connectivity index (χ1n) is 7.52. The molecule has 1 atom stereocenters. The lowest BCUT2D eigenvalue weighted by molar-refractivity contribution is 0.429. The SMILES string of the molecule is CCN=C(NS(=O)(=O)c1cc(F)ccc1C)N1CC(CC)C=N1. The molecule has 0 aromatic heterocycles. The number of rotatable bonds is 4. The van der Waals surface area contributed by atoms with E-state index in [2.05, 4.69) is 14.8 Å². The fourth-order valence-corrected chi connectivity index (χ4v) is 3.50. The number of nitrogens with zero attached hydrogens (tertiary/aromatic N) is 3. The molecule has 0 amide bonds. The lowest BCUT2D eigenvalue weighted by Gasteiger charge is -2.19. The molecule has 0 aliphatic carbocycles. The zero-order valence-electron chi connectivity index (χ0n) is 13.5. The molecule has 1 aromatic rings. The van der Waals surface area contributed by atoms with Gasteiger partial charge in [0.1, 0.15) is 5.82 Å². The lowest BCUT2D eigenvalue weighted by Crippen LogP contribution is -2.41. The Hall–Kier alpha value is -1.96. The largest absolute Gasteiger partial charge is 0.264 e. The second-order valence-electron chi connectivity index (χ2n) is 5.33. The summed E-state index contributed by atoms with van der Waals surface area (Å²) in [6.07, 6.45) is 2.70. The van der Waals surface area contributed by atoms with Crippen LogP contribution in [-0.2, 0) is 10.0 Å². The molecule has 23 heavy (non-hydrogen) atoms. The summed E-state index contributed by atoms with van der Waals surface area (Å²) in [7, 11) is -3.93. The normalized spacial score (nSPS) is 18.5. The van der Waals surface area contributed by atoms with Crippen molar-refractivity contribution in [3.63, 3.8) is 0 Å². The lowest BCUT2D eigenvalue weighted by atomic mass is 10.1. The van der Waals surface area contributed by atoms with Crippen molar-refractivity contribution in [3.8, 4) is 0 Å². The molecular weight excluding hydrogens is 319 g/mol. The molecule has 1 unspecified atom stereocenters. The van der Waals surface area contributed by atoms with Gasteiger partial charge in [-0.15, -0.1) is 0 Å². The maximum Gasteiger partial charge on any atom is 0.264 e. The number of hydrogen-bond donors (Lipinski definition) is 1. The molecule has 0 spiro atoms. The van der Waals surface area contributed by atoms with Crippen LogP contribution in [-0.4, -0.2) is 38.7 Å². The molecule has 1 N–H and O–H groups in total. The maximum absolute atomic E-state index is 13.4. The van der Waals surface area contributed by atoms with E-state index in [4.69, 9.17) is 0 Å². The number of benzene rings is 1. The van der Waals surface area contributed by atoms with Crippen molar-refractivity contribution in [1.82, 2.24) is 9.73 Å². The zero-order chi connectivity index (χ0) is 17.0. The van der Waals surface area contributed by atoms with Gasteiger partial charge in [0.15, 0.2) is 0 Å². The number of hydrazone groups is 1. The van der Waals surface area contributed by atoms with Crippen LogP contribution in [0.15, 0.2) is 33.2 Å². The molecule has 1 heterocycles. The molecule has 0 fully saturated rings. The van der Waals surface area contributed by atoms with Crippen LogP contribution in [0.4, 0.5) is 4.39 Å². The van der Waals surface area contributed by atoms with Gasteiger partial charge >= 0.3 is 0 Å². The van der Waals surface area contributed by atoms with Crippen molar-refractivity contribution < 1.29 is 12.8 Å². The van der Waals surface area contributed by atoms with Gasteiger partial charge in [-0.05, 0) is 38.0 Å². The summed E-state index contributed by atoms with van der Waals surface area (Å²) in [4.78, 5) is 4.08. The number of halogens is 1. The van der Waals surface area contributed by atoms with Gasteiger partial charge in [-0.1, -0.05) is 13.0 Å². The summed E-state index contributed by atoms with van der Waals surface area (Å²) in [5, 5.41) is 5.73. The number of aliphatic imine (C=N–C) groups is 1. The van der Waals surface area contributed by atoms with Gasteiger partial charge in [0.05, 0.1) is 11.4 Å². The Kier molecular flexibility index (Phi) is 5.35. The van der Waals surface area contributed by atoms with E-state index in [1.54, 1.807) is 20.1 Å². The maximum atomic E-state index is 13.4. The molecule has 6 nitrogen and oxygen atoms in total. The van der Waals surface area contributed by atoms with E-state index in [1.165, 1.54) is 17.1 Å². The minimum absolute atomic E-state index is 0.100. The van der Waals surface area contributed by atoms with Gasteiger partial charge in [-0.2, -0.15) is 5.10 Å². The number of aryl methyl sites for hydroxylation is 1. The Bertz CT molecular complexity index is 731. The quantitative estimate of drug-likeness (QED) is 0.674. The van der Waals surface area contributed by atoms with E-state index in [1.807, 2.05) is 6.92 Å². The molecule has 0 saturated heterocycles. The first-order chi connectivity index (χ1) is 10.9. The van der Waals surface area contributed by atoms with Gasteiger partial charge in [0, 0.05) is 18.7 Å².